The first kappa shape index (κ1) is 23.1. The summed E-state index contributed by atoms with van der Waals surface area (Å²) < 4.78 is 43.4. The Morgan fingerprint density at radius 1 is 1.03 bits per heavy atom. The fourth-order valence-corrected chi connectivity index (χ4v) is 4.93. The molecule has 0 fully saturated rings. The Kier molecular flexibility index (Phi) is 7.94. The van der Waals surface area contributed by atoms with E-state index in [2.05, 4.69) is 10.2 Å². The van der Waals surface area contributed by atoms with Crippen molar-refractivity contribution < 1.29 is 22.3 Å². The van der Waals surface area contributed by atoms with Gasteiger partial charge in [0.15, 0.2) is 0 Å². The van der Waals surface area contributed by atoms with Gasteiger partial charge in [0.1, 0.15) is 11.5 Å². The Morgan fingerprint density at radius 2 is 1.74 bits per heavy atom. The normalized spacial score (nSPS) is 11.6. The largest absolute Gasteiger partial charge is 0.497 e. The number of sulfonamides is 1. The molecule has 10 heteroatoms. The smallest absolute Gasteiger partial charge is 0.276 e. The lowest BCUT2D eigenvalue weighted by atomic mass is 10.2. The summed E-state index contributed by atoms with van der Waals surface area (Å²) >= 11 is 1.37. The third-order valence-corrected chi connectivity index (χ3v) is 7.30. The van der Waals surface area contributed by atoms with Crippen LogP contribution in [-0.2, 0) is 10.0 Å². The number of aromatic nitrogens is 2. The molecule has 0 bridgehead atoms. The zero-order valence-corrected chi connectivity index (χ0v) is 19.3. The van der Waals surface area contributed by atoms with Crippen LogP contribution >= 0.6 is 11.8 Å². The standard InChI is InChI=1S/C21H25N3O5S2/c1-4-24(5-2)31(25,26)19-8-6-7-16(15-19)20-22-23-21(29-20)30-14-13-28-18-11-9-17(27-3)10-12-18/h6-12,15H,4-5,13-14H2,1-3H3. The Labute approximate surface area is 186 Å². The van der Waals surface area contributed by atoms with E-state index in [0.717, 1.165) is 11.5 Å². The number of methoxy groups -OCH3 is 1. The van der Waals surface area contributed by atoms with Crippen LogP contribution in [0.2, 0.25) is 0 Å². The second-order valence-electron chi connectivity index (χ2n) is 6.36. The molecule has 1 heterocycles. The Bertz CT molecular complexity index is 1080. The molecule has 0 saturated carbocycles. The van der Waals surface area contributed by atoms with Crippen molar-refractivity contribution in [3.63, 3.8) is 0 Å². The van der Waals surface area contributed by atoms with Gasteiger partial charge in [-0.05, 0) is 42.5 Å². The van der Waals surface area contributed by atoms with Crippen LogP contribution in [0.3, 0.4) is 0 Å². The molecule has 0 aliphatic heterocycles. The molecule has 3 rings (SSSR count). The summed E-state index contributed by atoms with van der Waals surface area (Å²) in [4.78, 5) is 0.203. The molecule has 0 N–H and O–H groups in total. The van der Waals surface area contributed by atoms with Gasteiger partial charge in [0, 0.05) is 24.4 Å². The number of thioether (sulfide) groups is 1. The van der Waals surface area contributed by atoms with Crippen molar-refractivity contribution in [3.8, 4) is 23.0 Å². The molecule has 0 aliphatic carbocycles. The molecule has 0 aliphatic rings. The predicted molar refractivity (Wildman–Crippen MR) is 119 cm³/mol. The van der Waals surface area contributed by atoms with Gasteiger partial charge in [-0.1, -0.05) is 31.7 Å². The maximum Gasteiger partial charge on any atom is 0.276 e. The summed E-state index contributed by atoms with van der Waals surface area (Å²) in [6.07, 6.45) is 0. The number of hydrogen-bond donors (Lipinski definition) is 0. The Morgan fingerprint density at radius 3 is 2.42 bits per heavy atom. The van der Waals surface area contributed by atoms with Crippen molar-refractivity contribution in [2.75, 3.05) is 32.6 Å². The quantitative estimate of drug-likeness (QED) is 0.312. The fraction of sp³-hybridized carbons (Fsp3) is 0.333. The summed E-state index contributed by atoms with van der Waals surface area (Å²) in [6.45, 7) is 4.90. The average Bonchev–Trinajstić information content (AvgIpc) is 3.27. The molecule has 166 valence electrons. The van der Waals surface area contributed by atoms with Gasteiger partial charge in [0.05, 0.1) is 18.6 Å². The Balaban J connectivity index is 1.60. The van der Waals surface area contributed by atoms with Gasteiger partial charge in [0.2, 0.25) is 15.9 Å². The summed E-state index contributed by atoms with van der Waals surface area (Å²) in [7, 11) is -1.94. The zero-order valence-electron chi connectivity index (χ0n) is 17.6. The highest BCUT2D eigenvalue weighted by atomic mass is 32.2. The maximum absolute atomic E-state index is 12.7. The molecule has 2 aromatic carbocycles. The van der Waals surface area contributed by atoms with Gasteiger partial charge in [-0.25, -0.2) is 8.42 Å². The van der Waals surface area contributed by atoms with Crippen molar-refractivity contribution in [1.82, 2.24) is 14.5 Å². The van der Waals surface area contributed by atoms with Gasteiger partial charge in [-0.3, -0.25) is 0 Å². The number of ether oxygens (including phenoxy) is 2. The van der Waals surface area contributed by atoms with Crippen molar-refractivity contribution in [1.29, 1.82) is 0 Å². The fourth-order valence-electron chi connectivity index (χ4n) is 2.85. The Hall–Kier alpha value is -2.56. The summed E-state index contributed by atoms with van der Waals surface area (Å²) in [6, 6.07) is 13.9. The van der Waals surface area contributed by atoms with Crippen LogP contribution in [-0.4, -0.2) is 55.5 Å². The van der Waals surface area contributed by atoms with Crippen molar-refractivity contribution in [3.05, 3.63) is 48.5 Å². The molecule has 31 heavy (non-hydrogen) atoms. The maximum atomic E-state index is 12.7. The van der Waals surface area contributed by atoms with Crippen LogP contribution in [0.1, 0.15) is 13.8 Å². The predicted octanol–water partition coefficient (Wildman–Crippen LogP) is 3.95. The molecule has 0 saturated heterocycles. The number of hydrogen-bond acceptors (Lipinski definition) is 8. The number of rotatable bonds is 11. The number of benzene rings is 2. The van der Waals surface area contributed by atoms with E-state index in [0.29, 0.717) is 36.2 Å². The summed E-state index contributed by atoms with van der Waals surface area (Å²) in [5, 5.41) is 8.48. The van der Waals surface area contributed by atoms with E-state index in [1.807, 2.05) is 38.1 Å². The molecule has 1 aromatic heterocycles. The van der Waals surface area contributed by atoms with Crippen LogP contribution in [0.5, 0.6) is 11.5 Å². The van der Waals surface area contributed by atoms with Crippen molar-refractivity contribution >= 4 is 21.8 Å². The molecular formula is C21H25N3O5S2. The summed E-state index contributed by atoms with van der Waals surface area (Å²) in [5.41, 5.74) is 0.557. The van der Waals surface area contributed by atoms with Gasteiger partial charge in [-0.15, -0.1) is 10.2 Å². The van der Waals surface area contributed by atoms with Crippen LogP contribution in [0.4, 0.5) is 0 Å². The lowest BCUT2D eigenvalue weighted by Crippen LogP contribution is -2.30. The molecule has 0 radical (unpaired) electrons. The lowest BCUT2D eigenvalue weighted by Gasteiger charge is -2.18. The summed E-state index contributed by atoms with van der Waals surface area (Å²) in [5.74, 6) is 2.41. The molecular weight excluding hydrogens is 438 g/mol. The molecule has 0 unspecified atom stereocenters. The minimum atomic E-state index is -3.56. The first-order chi connectivity index (χ1) is 15.0. The van der Waals surface area contributed by atoms with E-state index in [-0.39, 0.29) is 10.8 Å². The van der Waals surface area contributed by atoms with Gasteiger partial charge >= 0.3 is 0 Å². The van der Waals surface area contributed by atoms with Crippen LogP contribution < -0.4 is 9.47 Å². The molecule has 3 aromatic rings. The van der Waals surface area contributed by atoms with Crippen molar-refractivity contribution in [2.24, 2.45) is 0 Å². The molecule has 8 nitrogen and oxygen atoms in total. The first-order valence-electron chi connectivity index (χ1n) is 9.81. The second-order valence-corrected chi connectivity index (χ2v) is 9.35. The minimum Gasteiger partial charge on any atom is -0.497 e. The first-order valence-corrected chi connectivity index (χ1v) is 12.2. The van der Waals surface area contributed by atoms with E-state index in [1.165, 1.54) is 16.1 Å². The van der Waals surface area contributed by atoms with E-state index < -0.39 is 10.0 Å². The molecule has 0 atom stereocenters. The topological polar surface area (TPSA) is 94.8 Å². The highest BCUT2D eigenvalue weighted by molar-refractivity contribution is 7.99. The third-order valence-electron chi connectivity index (χ3n) is 4.47. The zero-order chi connectivity index (χ0) is 22.3. The average molecular weight is 464 g/mol. The monoisotopic (exact) mass is 463 g/mol. The van der Waals surface area contributed by atoms with Crippen LogP contribution in [0, 0.1) is 0 Å². The molecule has 0 spiro atoms. The van der Waals surface area contributed by atoms with Gasteiger partial charge in [-0.2, -0.15) is 4.31 Å². The van der Waals surface area contributed by atoms with Crippen molar-refractivity contribution in [2.45, 2.75) is 24.0 Å². The SMILES string of the molecule is CCN(CC)S(=O)(=O)c1cccc(-c2nnc(SCCOc3ccc(OC)cc3)o2)c1. The molecule has 0 amide bonds. The van der Waals surface area contributed by atoms with Gasteiger partial charge < -0.3 is 13.9 Å². The van der Waals surface area contributed by atoms with E-state index in [1.54, 1.807) is 31.4 Å². The minimum absolute atomic E-state index is 0.203. The highest BCUT2D eigenvalue weighted by Crippen LogP contribution is 2.26. The second kappa shape index (κ2) is 10.7. The van der Waals surface area contributed by atoms with Crippen LogP contribution in [0.15, 0.2) is 63.1 Å². The van der Waals surface area contributed by atoms with E-state index >= 15 is 0 Å². The number of nitrogens with zero attached hydrogens (tertiary/aromatic N) is 3. The van der Waals surface area contributed by atoms with Crippen LogP contribution in [0.25, 0.3) is 11.5 Å². The highest BCUT2D eigenvalue weighted by Gasteiger charge is 2.22. The third kappa shape index (κ3) is 5.78. The van der Waals surface area contributed by atoms with Gasteiger partial charge in [0.25, 0.3) is 5.22 Å². The lowest BCUT2D eigenvalue weighted by molar-refractivity contribution is 0.342. The van der Waals surface area contributed by atoms with E-state index in [4.69, 9.17) is 13.9 Å². The van der Waals surface area contributed by atoms with E-state index in [9.17, 15) is 8.42 Å².